The van der Waals surface area contributed by atoms with E-state index in [1.807, 2.05) is 12.1 Å². The van der Waals surface area contributed by atoms with Crippen molar-refractivity contribution in [2.24, 2.45) is 0 Å². The molecule has 0 aliphatic rings. The Balaban J connectivity index is 2.10. The SMILES string of the molecule is Cc1ccsc1C(C)Nc1ccc(O)cc1. The average molecular weight is 233 g/mol. The highest BCUT2D eigenvalue weighted by Gasteiger charge is 2.09. The number of benzene rings is 1. The Morgan fingerprint density at radius 1 is 1.19 bits per heavy atom. The molecule has 0 aliphatic heterocycles. The Bertz CT molecular complexity index is 461. The van der Waals surface area contributed by atoms with E-state index < -0.39 is 0 Å². The fourth-order valence-corrected chi connectivity index (χ4v) is 2.64. The van der Waals surface area contributed by atoms with Crippen LogP contribution in [0.5, 0.6) is 5.75 Å². The molecule has 3 heteroatoms. The monoisotopic (exact) mass is 233 g/mol. The number of hydrogen-bond donors (Lipinski definition) is 2. The van der Waals surface area contributed by atoms with E-state index in [0.29, 0.717) is 11.8 Å². The van der Waals surface area contributed by atoms with Crippen molar-refractivity contribution in [3.63, 3.8) is 0 Å². The van der Waals surface area contributed by atoms with Gasteiger partial charge in [0.2, 0.25) is 0 Å². The second-order valence-corrected chi connectivity index (χ2v) is 4.83. The van der Waals surface area contributed by atoms with Gasteiger partial charge in [0.05, 0.1) is 6.04 Å². The average Bonchev–Trinajstić information content (AvgIpc) is 2.68. The van der Waals surface area contributed by atoms with Crippen molar-refractivity contribution in [2.45, 2.75) is 19.9 Å². The fourth-order valence-electron chi connectivity index (χ4n) is 1.70. The number of rotatable bonds is 3. The van der Waals surface area contributed by atoms with Crippen LogP contribution in [0.15, 0.2) is 35.7 Å². The van der Waals surface area contributed by atoms with Crippen molar-refractivity contribution in [3.8, 4) is 5.75 Å². The quantitative estimate of drug-likeness (QED) is 0.787. The third-order valence-electron chi connectivity index (χ3n) is 2.55. The molecule has 16 heavy (non-hydrogen) atoms. The van der Waals surface area contributed by atoms with Crippen LogP contribution in [0.4, 0.5) is 5.69 Å². The van der Waals surface area contributed by atoms with Crippen molar-refractivity contribution in [1.82, 2.24) is 0 Å². The van der Waals surface area contributed by atoms with Crippen LogP contribution in [0.3, 0.4) is 0 Å². The Kier molecular flexibility index (Phi) is 3.15. The zero-order valence-corrected chi connectivity index (χ0v) is 10.2. The summed E-state index contributed by atoms with van der Waals surface area (Å²) < 4.78 is 0. The van der Waals surface area contributed by atoms with Crippen LogP contribution in [0, 0.1) is 6.92 Å². The maximum atomic E-state index is 9.19. The van der Waals surface area contributed by atoms with E-state index in [-0.39, 0.29) is 0 Å². The Morgan fingerprint density at radius 3 is 2.44 bits per heavy atom. The lowest BCUT2D eigenvalue weighted by Gasteiger charge is -2.14. The summed E-state index contributed by atoms with van der Waals surface area (Å²) in [7, 11) is 0. The van der Waals surface area contributed by atoms with Gasteiger partial charge in [0.15, 0.2) is 0 Å². The van der Waals surface area contributed by atoms with Crippen LogP contribution in [0.25, 0.3) is 0 Å². The van der Waals surface area contributed by atoms with Crippen molar-refractivity contribution in [3.05, 3.63) is 46.2 Å². The Hall–Kier alpha value is -1.48. The number of aryl methyl sites for hydroxylation is 1. The lowest BCUT2D eigenvalue weighted by Crippen LogP contribution is -2.05. The zero-order chi connectivity index (χ0) is 11.5. The summed E-state index contributed by atoms with van der Waals surface area (Å²) >= 11 is 1.77. The van der Waals surface area contributed by atoms with Crippen molar-refractivity contribution < 1.29 is 5.11 Å². The normalized spacial score (nSPS) is 12.4. The highest BCUT2D eigenvalue weighted by molar-refractivity contribution is 7.10. The first kappa shape index (κ1) is 11.0. The fraction of sp³-hybridized carbons (Fsp3) is 0.231. The summed E-state index contributed by atoms with van der Waals surface area (Å²) in [5.74, 6) is 0.297. The number of aromatic hydroxyl groups is 1. The molecular formula is C13H15NOS. The second kappa shape index (κ2) is 4.58. The molecule has 2 N–H and O–H groups in total. The minimum absolute atomic E-state index is 0.296. The van der Waals surface area contributed by atoms with Crippen molar-refractivity contribution in [1.29, 1.82) is 0 Å². The molecule has 2 rings (SSSR count). The van der Waals surface area contributed by atoms with E-state index in [0.717, 1.165) is 5.69 Å². The summed E-state index contributed by atoms with van der Waals surface area (Å²) in [5.41, 5.74) is 2.35. The predicted octanol–water partition coefficient (Wildman–Crippen LogP) is 3.94. The molecule has 0 amide bonds. The molecule has 0 fully saturated rings. The van der Waals surface area contributed by atoms with Crippen LogP contribution >= 0.6 is 11.3 Å². The zero-order valence-electron chi connectivity index (χ0n) is 9.40. The molecule has 2 nitrogen and oxygen atoms in total. The van der Waals surface area contributed by atoms with Crippen LogP contribution in [-0.2, 0) is 0 Å². The molecule has 0 radical (unpaired) electrons. The number of phenolic OH excluding ortho intramolecular Hbond substituents is 1. The topological polar surface area (TPSA) is 32.3 Å². The van der Waals surface area contributed by atoms with Gasteiger partial charge in [-0.15, -0.1) is 11.3 Å². The Labute approximate surface area is 99.6 Å². The molecule has 0 bridgehead atoms. The summed E-state index contributed by atoms with van der Waals surface area (Å²) in [4.78, 5) is 1.35. The van der Waals surface area contributed by atoms with Gasteiger partial charge in [-0.25, -0.2) is 0 Å². The molecule has 1 aromatic heterocycles. The molecular weight excluding hydrogens is 218 g/mol. The van der Waals surface area contributed by atoms with Gasteiger partial charge in [-0.1, -0.05) is 0 Å². The van der Waals surface area contributed by atoms with E-state index in [2.05, 4.69) is 30.6 Å². The standard InChI is InChI=1S/C13H15NOS/c1-9-7-8-16-13(9)10(2)14-11-3-5-12(15)6-4-11/h3-8,10,14-15H,1-2H3. The van der Waals surface area contributed by atoms with Crippen molar-refractivity contribution >= 4 is 17.0 Å². The van der Waals surface area contributed by atoms with E-state index in [9.17, 15) is 5.11 Å². The minimum atomic E-state index is 0.296. The smallest absolute Gasteiger partial charge is 0.115 e. The summed E-state index contributed by atoms with van der Waals surface area (Å²) in [6, 6.07) is 9.58. The summed E-state index contributed by atoms with van der Waals surface area (Å²) in [6.07, 6.45) is 0. The molecule has 0 aliphatic carbocycles. The first-order chi connectivity index (χ1) is 7.66. The number of phenols is 1. The van der Waals surface area contributed by atoms with E-state index in [1.165, 1.54) is 10.4 Å². The third-order valence-corrected chi connectivity index (χ3v) is 3.75. The van der Waals surface area contributed by atoms with Gasteiger partial charge in [0.1, 0.15) is 5.75 Å². The molecule has 1 aromatic carbocycles. The van der Waals surface area contributed by atoms with E-state index >= 15 is 0 Å². The lowest BCUT2D eigenvalue weighted by molar-refractivity contribution is 0.475. The summed E-state index contributed by atoms with van der Waals surface area (Å²) in [6.45, 7) is 4.27. The minimum Gasteiger partial charge on any atom is -0.508 e. The second-order valence-electron chi connectivity index (χ2n) is 3.88. The molecule has 0 saturated carbocycles. The highest BCUT2D eigenvalue weighted by Crippen LogP contribution is 2.27. The van der Waals surface area contributed by atoms with Gasteiger partial charge in [0, 0.05) is 10.6 Å². The third kappa shape index (κ3) is 2.36. The Morgan fingerprint density at radius 2 is 1.88 bits per heavy atom. The number of hydrogen-bond acceptors (Lipinski definition) is 3. The number of nitrogens with one attached hydrogen (secondary N) is 1. The van der Waals surface area contributed by atoms with Gasteiger partial charge in [-0.05, 0) is 55.1 Å². The molecule has 0 saturated heterocycles. The van der Waals surface area contributed by atoms with Gasteiger partial charge in [-0.2, -0.15) is 0 Å². The van der Waals surface area contributed by atoms with Gasteiger partial charge >= 0.3 is 0 Å². The molecule has 1 unspecified atom stereocenters. The van der Waals surface area contributed by atoms with Crippen LogP contribution in [-0.4, -0.2) is 5.11 Å². The van der Waals surface area contributed by atoms with Crippen LogP contribution in [0.1, 0.15) is 23.4 Å². The molecule has 84 valence electrons. The van der Waals surface area contributed by atoms with Gasteiger partial charge in [-0.3, -0.25) is 0 Å². The first-order valence-electron chi connectivity index (χ1n) is 5.26. The van der Waals surface area contributed by atoms with Crippen LogP contribution in [0.2, 0.25) is 0 Å². The number of thiophene rings is 1. The predicted molar refractivity (Wildman–Crippen MR) is 69.2 cm³/mol. The van der Waals surface area contributed by atoms with Gasteiger partial charge < -0.3 is 10.4 Å². The van der Waals surface area contributed by atoms with E-state index in [4.69, 9.17) is 0 Å². The molecule has 0 spiro atoms. The largest absolute Gasteiger partial charge is 0.508 e. The molecule has 1 heterocycles. The molecule has 1 atom stereocenters. The van der Waals surface area contributed by atoms with Crippen molar-refractivity contribution in [2.75, 3.05) is 5.32 Å². The highest BCUT2D eigenvalue weighted by atomic mass is 32.1. The lowest BCUT2D eigenvalue weighted by atomic mass is 10.2. The molecule has 2 aromatic rings. The maximum Gasteiger partial charge on any atom is 0.115 e. The maximum absolute atomic E-state index is 9.19. The van der Waals surface area contributed by atoms with E-state index in [1.54, 1.807) is 23.5 Å². The number of anilines is 1. The van der Waals surface area contributed by atoms with Gasteiger partial charge in [0.25, 0.3) is 0 Å². The van der Waals surface area contributed by atoms with Crippen LogP contribution < -0.4 is 5.32 Å². The summed E-state index contributed by atoms with van der Waals surface area (Å²) in [5, 5.41) is 14.7. The first-order valence-corrected chi connectivity index (χ1v) is 6.14.